The number of hydrogen-bond acceptors (Lipinski definition) is 4. The lowest BCUT2D eigenvalue weighted by Gasteiger charge is -2.14. The Morgan fingerprint density at radius 1 is 0.879 bits per heavy atom. The van der Waals surface area contributed by atoms with Gasteiger partial charge in [-0.25, -0.2) is 0 Å². The molecule has 3 aromatic carbocycles. The summed E-state index contributed by atoms with van der Waals surface area (Å²) < 4.78 is 46.7. The van der Waals surface area contributed by atoms with Gasteiger partial charge in [-0.15, -0.1) is 13.2 Å². The lowest BCUT2D eigenvalue weighted by Crippen LogP contribution is -2.17. The maximum absolute atomic E-state index is 12.3. The topological polar surface area (TPSA) is 24.9 Å². The minimum atomic E-state index is -4.69. The Morgan fingerprint density at radius 3 is 2.21 bits per heavy atom. The van der Waals surface area contributed by atoms with Gasteiger partial charge in [0, 0.05) is 24.9 Å². The van der Waals surface area contributed by atoms with E-state index in [1.807, 2.05) is 37.3 Å². The molecule has 0 amide bonds. The molecule has 0 unspecified atom stereocenters. The van der Waals surface area contributed by atoms with Crippen molar-refractivity contribution in [3.63, 3.8) is 0 Å². The maximum atomic E-state index is 12.3. The van der Waals surface area contributed by atoms with E-state index in [9.17, 15) is 13.2 Å². The van der Waals surface area contributed by atoms with Crippen molar-refractivity contribution in [2.45, 2.75) is 19.5 Å². The zero-order valence-electron chi connectivity index (χ0n) is 18.5. The van der Waals surface area contributed by atoms with Crippen molar-refractivity contribution in [3.05, 3.63) is 95.7 Å². The molecule has 0 saturated carbocycles. The Labute approximate surface area is 191 Å². The van der Waals surface area contributed by atoms with E-state index in [2.05, 4.69) is 46.0 Å². The smallest absolute Gasteiger partial charge is 0.471 e. The van der Waals surface area contributed by atoms with Gasteiger partial charge in [-0.2, -0.15) is 0 Å². The van der Waals surface area contributed by atoms with Crippen molar-refractivity contribution < 1.29 is 22.6 Å². The van der Waals surface area contributed by atoms with Gasteiger partial charge in [0.15, 0.2) is 6.73 Å². The van der Waals surface area contributed by atoms with E-state index in [-0.39, 0.29) is 5.75 Å². The summed E-state index contributed by atoms with van der Waals surface area (Å²) in [6.07, 6.45) is -2.76. The molecule has 3 aromatic rings. The highest BCUT2D eigenvalue weighted by atomic mass is 19.4. The van der Waals surface area contributed by atoms with Crippen LogP contribution in [-0.4, -0.2) is 37.0 Å². The van der Waals surface area contributed by atoms with E-state index in [4.69, 9.17) is 4.74 Å². The van der Waals surface area contributed by atoms with Crippen molar-refractivity contribution in [2.75, 3.05) is 20.8 Å². The lowest BCUT2D eigenvalue weighted by molar-refractivity contribution is -0.274. The lowest BCUT2D eigenvalue weighted by atomic mass is 10.0. The number of hydrogen-bond donors (Lipinski definition) is 0. The van der Waals surface area contributed by atoms with E-state index in [1.165, 1.54) is 17.7 Å². The third-order valence-corrected chi connectivity index (χ3v) is 5.16. The largest absolute Gasteiger partial charge is 0.573 e. The average molecular weight is 454 g/mol. The Morgan fingerprint density at radius 2 is 1.55 bits per heavy atom. The number of rotatable bonds is 7. The SMILES string of the molecule is CN(C)Cc1ccc(-c2cccc(C3=CN(Cc4ccc(OC(F)(F)F)cc4)CO3)c2)cc1. The number of ether oxygens (including phenoxy) is 2. The summed E-state index contributed by atoms with van der Waals surface area (Å²) in [5.74, 6) is 0.532. The normalized spacial score (nSPS) is 13.8. The first-order valence-electron chi connectivity index (χ1n) is 10.5. The van der Waals surface area contributed by atoms with Crippen molar-refractivity contribution >= 4 is 5.76 Å². The highest BCUT2D eigenvalue weighted by Crippen LogP contribution is 2.29. The molecule has 33 heavy (non-hydrogen) atoms. The molecule has 4 rings (SSSR count). The van der Waals surface area contributed by atoms with Gasteiger partial charge in [-0.3, -0.25) is 0 Å². The van der Waals surface area contributed by atoms with Crippen LogP contribution in [-0.2, 0) is 17.8 Å². The second-order valence-corrected chi connectivity index (χ2v) is 8.22. The van der Waals surface area contributed by atoms with Gasteiger partial charge in [-0.1, -0.05) is 54.6 Å². The van der Waals surface area contributed by atoms with Crippen LogP contribution in [0.3, 0.4) is 0 Å². The average Bonchev–Trinajstić information content (AvgIpc) is 3.23. The van der Waals surface area contributed by atoms with Crippen LogP contribution in [0.25, 0.3) is 16.9 Å². The molecule has 0 aliphatic carbocycles. The first-order valence-corrected chi connectivity index (χ1v) is 10.5. The second kappa shape index (κ2) is 9.58. The number of nitrogens with zero attached hydrogens (tertiary/aromatic N) is 2. The third kappa shape index (κ3) is 6.29. The standard InChI is InChI=1S/C26H25F3N2O2/c1-30(2)15-19-6-10-21(11-7-19)22-4-3-5-23(14-22)25-17-31(18-32-25)16-20-8-12-24(13-9-20)33-26(27,28)29/h3-14,17H,15-16,18H2,1-2H3. The van der Waals surface area contributed by atoms with Crippen LogP contribution in [0.4, 0.5) is 13.2 Å². The van der Waals surface area contributed by atoms with Crippen LogP contribution in [0.1, 0.15) is 16.7 Å². The molecular weight excluding hydrogens is 429 g/mol. The fourth-order valence-corrected chi connectivity index (χ4v) is 3.69. The Hall–Kier alpha value is -3.45. The van der Waals surface area contributed by atoms with E-state index in [0.717, 1.165) is 34.6 Å². The Kier molecular flexibility index (Phi) is 6.60. The molecule has 0 atom stereocenters. The summed E-state index contributed by atoms with van der Waals surface area (Å²) in [4.78, 5) is 4.10. The summed E-state index contributed by atoms with van der Waals surface area (Å²) in [5.41, 5.74) is 5.33. The van der Waals surface area contributed by atoms with E-state index in [1.54, 1.807) is 12.1 Å². The highest BCUT2D eigenvalue weighted by molar-refractivity contribution is 5.70. The second-order valence-electron chi connectivity index (χ2n) is 8.22. The maximum Gasteiger partial charge on any atom is 0.573 e. The van der Waals surface area contributed by atoms with Gasteiger partial charge in [-0.05, 0) is 54.5 Å². The predicted octanol–water partition coefficient (Wildman–Crippen LogP) is 6.10. The molecule has 1 aliphatic heterocycles. The van der Waals surface area contributed by atoms with Gasteiger partial charge in [0.25, 0.3) is 0 Å². The summed E-state index contributed by atoms with van der Waals surface area (Å²) in [6.45, 7) is 1.79. The van der Waals surface area contributed by atoms with Gasteiger partial charge in [0.1, 0.15) is 11.5 Å². The Bertz CT molecular complexity index is 1110. The fraction of sp³-hybridized carbons (Fsp3) is 0.231. The molecular formula is C26H25F3N2O2. The molecule has 172 valence electrons. The molecule has 0 fully saturated rings. The minimum Gasteiger partial charge on any atom is -0.471 e. The van der Waals surface area contributed by atoms with Crippen LogP contribution in [0.2, 0.25) is 0 Å². The molecule has 0 saturated heterocycles. The van der Waals surface area contributed by atoms with Gasteiger partial charge in [0.05, 0.1) is 0 Å². The van der Waals surface area contributed by atoms with E-state index < -0.39 is 6.36 Å². The van der Waals surface area contributed by atoms with E-state index in [0.29, 0.717) is 13.3 Å². The predicted molar refractivity (Wildman–Crippen MR) is 122 cm³/mol. The van der Waals surface area contributed by atoms with Crippen molar-refractivity contribution in [1.29, 1.82) is 0 Å². The van der Waals surface area contributed by atoms with Crippen LogP contribution >= 0.6 is 0 Å². The molecule has 4 nitrogen and oxygen atoms in total. The molecule has 7 heteroatoms. The minimum absolute atomic E-state index is 0.230. The first kappa shape index (κ1) is 22.7. The number of halogens is 3. The van der Waals surface area contributed by atoms with Gasteiger partial charge < -0.3 is 19.3 Å². The molecule has 0 radical (unpaired) electrons. The molecule has 0 spiro atoms. The molecule has 0 N–H and O–H groups in total. The summed E-state index contributed by atoms with van der Waals surface area (Å²) in [7, 11) is 4.10. The summed E-state index contributed by atoms with van der Waals surface area (Å²) >= 11 is 0. The zero-order valence-corrected chi connectivity index (χ0v) is 18.5. The highest BCUT2D eigenvalue weighted by Gasteiger charge is 2.31. The van der Waals surface area contributed by atoms with Crippen LogP contribution in [0, 0.1) is 0 Å². The van der Waals surface area contributed by atoms with Crippen LogP contribution < -0.4 is 4.74 Å². The number of benzene rings is 3. The summed E-state index contributed by atoms with van der Waals surface area (Å²) in [5, 5.41) is 0. The summed E-state index contributed by atoms with van der Waals surface area (Å²) in [6, 6.07) is 22.6. The molecule has 1 heterocycles. The molecule has 1 aliphatic rings. The van der Waals surface area contributed by atoms with Gasteiger partial charge >= 0.3 is 6.36 Å². The van der Waals surface area contributed by atoms with Gasteiger partial charge in [0.2, 0.25) is 0 Å². The third-order valence-electron chi connectivity index (χ3n) is 5.16. The molecule has 0 bridgehead atoms. The monoisotopic (exact) mass is 454 g/mol. The molecule has 0 aromatic heterocycles. The first-order chi connectivity index (χ1) is 15.7. The van der Waals surface area contributed by atoms with Crippen molar-refractivity contribution in [2.24, 2.45) is 0 Å². The number of alkyl halides is 3. The van der Waals surface area contributed by atoms with Crippen molar-refractivity contribution in [3.8, 4) is 16.9 Å². The van der Waals surface area contributed by atoms with Crippen LogP contribution in [0.15, 0.2) is 79.0 Å². The Balaban J connectivity index is 1.43. The zero-order chi connectivity index (χ0) is 23.4. The fourth-order valence-electron chi connectivity index (χ4n) is 3.69. The quantitative estimate of drug-likeness (QED) is 0.431. The van der Waals surface area contributed by atoms with Crippen LogP contribution in [0.5, 0.6) is 5.75 Å². The van der Waals surface area contributed by atoms with E-state index >= 15 is 0 Å². The van der Waals surface area contributed by atoms with Crippen molar-refractivity contribution in [1.82, 2.24) is 9.80 Å².